The lowest BCUT2D eigenvalue weighted by atomic mass is 10.1. The summed E-state index contributed by atoms with van der Waals surface area (Å²) in [6, 6.07) is 0. The second-order valence-electron chi connectivity index (χ2n) is 2.21. The van der Waals surface area contributed by atoms with Crippen LogP contribution in [0.4, 0.5) is 0 Å². The molecule has 0 aromatic heterocycles. The Labute approximate surface area is 65.2 Å². The number of hydrogen-bond donors (Lipinski definition) is 1. The fourth-order valence-electron chi connectivity index (χ4n) is 0.841. The van der Waals surface area contributed by atoms with Gasteiger partial charge in [-0.05, 0) is 12.8 Å². The summed E-state index contributed by atoms with van der Waals surface area (Å²) in [5.74, 6) is 3.59. The molecule has 0 saturated heterocycles. The van der Waals surface area contributed by atoms with E-state index in [9.17, 15) is 4.79 Å². The fourth-order valence-corrected chi connectivity index (χ4v) is 0.841. The van der Waals surface area contributed by atoms with Crippen molar-refractivity contribution in [2.24, 2.45) is 0 Å². The van der Waals surface area contributed by atoms with Gasteiger partial charge < -0.3 is 5.11 Å². The lowest BCUT2D eigenvalue weighted by molar-refractivity contribution is -0.130. The Kier molecular flexibility index (Phi) is 2.51. The molecule has 11 heavy (non-hydrogen) atoms. The highest BCUT2D eigenvalue weighted by molar-refractivity contribution is 5.87. The molecule has 2 nitrogen and oxygen atoms in total. The molecule has 0 atom stereocenters. The van der Waals surface area contributed by atoms with E-state index >= 15 is 0 Å². The van der Waals surface area contributed by atoms with E-state index in [1.54, 1.807) is 0 Å². The van der Waals surface area contributed by atoms with Gasteiger partial charge in [-0.15, -0.1) is 0 Å². The van der Waals surface area contributed by atoms with Crippen molar-refractivity contribution in [2.75, 3.05) is 0 Å². The third-order valence-electron chi connectivity index (χ3n) is 1.34. The van der Waals surface area contributed by atoms with Crippen LogP contribution in [0, 0.1) is 11.8 Å². The maximum Gasteiger partial charge on any atom is 0.382 e. The van der Waals surface area contributed by atoms with Crippen molar-refractivity contribution in [1.29, 1.82) is 0 Å². The molecule has 0 bridgehead atoms. The number of rotatable bonds is 0. The van der Waals surface area contributed by atoms with Crippen LogP contribution in [-0.2, 0) is 4.79 Å². The van der Waals surface area contributed by atoms with Crippen molar-refractivity contribution >= 4 is 5.97 Å². The van der Waals surface area contributed by atoms with Gasteiger partial charge in [0, 0.05) is 11.5 Å². The molecule has 1 rings (SSSR count). The van der Waals surface area contributed by atoms with Crippen LogP contribution in [0.15, 0.2) is 23.8 Å². The van der Waals surface area contributed by atoms with Crippen molar-refractivity contribution in [2.45, 2.75) is 12.8 Å². The van der Waals surface area contributed by atoms with Gasteiger partial charge in [-0.25, -0.2) is 4.79 Å². The molecule has 56 valence electrons. The van der Waals surface area contributed by atoms with Gasteiger partial charge in [0.2, 0.25) is 0 Å². The average molecular weight is 148 g/mol. The smallest absolute Gasteiger partial charge is 0.382 e. The summed E-state index contributed by atoms with van der Waals surface area (Å²) in [4.78, 5) is 10.0. The molecule has 0 aromatic carbocycles. The Morgan fingerprint density at radius 2 is 2.45 bits per heavy atom. The Hall–Kier alpha value is -1.49. The number of carboxylic acid groups (broad SMARTS) is 1. The van der Waals surface area contributed by atoms with Crippen LogP contribution < -0.4 is 0 Å². The van der Waals surface area contributed by atoms with Crippen molar-refractivity contribution in [3.8, 4) is 11.8 Å². The van der Waals surface area contributed by atoms with E-state index in [0.29, 0.717) is 0 Å². The van der Waals surface area contributed by atoms with Crippen molar-refractivity contribution in [1.82, 2.24) is 0 Å². The number of aliphatic carboxylic acids is 1. The van der Waals surface area contributed by atoms with Crippen LogP contribution >= 0.6 is 0 Å². The van der Waals surface area contributed by atoms with Gasteiger partial charge in [0.25, 0.3) is 0 Å². The standard InChI is InChI=1S/C9H8O2/c10-9(11)7-6-8-4-2-1-3-5-8/h1-2,4H,3,5H2,(H,10,11). The number of carbonyl (C=O) groups is 1. The van der Waals surface area contributed by atoms with Crippen LogP contribution in [0.5, 0.6) is 0 Å². The maximum atomic E-state index is 10.0. The Balaban J connectivity index is 2.64. The highest BCUT2D eigenvalue weighted by Gasteiger charge is 1.94. The molecule has 1 aliphatic carbocycles. The SMILES string of the molecule is O=C(O)C#CC1=CC=CCC1. The molecule has 0 aromatic rings. The van der Waals surface area contributed by atoms with E-state index in [4.69, 9.17) is 5.11 Å². The molecule has 0 fully saturated rings. The molecule has 2 heteroatoms. The third-order valence-corrected chi connectivity index (χ3v) is 1.34. The van der Waals surface area contributed by atoms with Crippen LogP contribution in [0.1, 0.15) is 12.8 Å². The summed E-state index contributed by atoms with van der Waals surface area (Å²) >= 11 is 0. The zero-order chi connectivity index (χ0) is 8.10. The summed E-state index contributed by atoms with van der Waals surface area (Å²) in [5, 5.41) is 8.23. The largest absolute Gasteiger partial charge is 0.472 e. The van der Waals surface area contributed by atoms with E-state index in [1.165, 1.54) is 0 Å². The average Bonchev–Trinajstić information content (AvgIpc) is 2.03. The molecule has 0 aliphatic heterocycles. The van der Waals surface area contributed by atoms with Gasteiger partial charge in [-0.1, -0.05) is 24.1 Å². The second kappa shape index (κ2) is 3.62. The van der Waals surface area contributed by atoms with Gasteiger partial charge in [-0.2, -0.15) is 0 Å². The number of allylic oxidation sites excluding steroid dienone is 4. The predicted molar refractivity (Wildman–Crippen MR) is 41.9 cm³/mol. The lowest BCUT2D eigenvalue weighted by Crippen LogP contribution is -1.89. The minimum absolute atomic E-state index is 0.858. The zero-order valence-corrected chi connectivity index (χ0v) is 6.00. The number of carboxylic acids is 1. The first-order chi connectivity index (χ1) is 5.29. The summed E-state index contributed by atoms with van der Waals surface area (Å²) in [6.07, 6.45) is 7.59. The molecule has 0 unspecified atom stereocenters. The van der Waals surface area contributed by atoms with Gasteiger partial charge >= 0.3 is 5.97 Å². The summed E-state index contributed by atoms with van der Waals surface area (Å²) in [7, 11) is 0. The Morgan fingerprint density at radius 1 is 1.64 bits per heavy atom. The van der Waals surface area contributed by atoms with Crippen LogP contribution in [0.3, 0.4) is 0 Å². The zero-order valence-electron chi connectivity index (χ0n) is 6.00. The molecule has 1 aliphatic rings. The third kappa shape index (κ3) is 2.72. The second-order valence-corrected chi connectivity index (χ2v) is 2.21. The number of hydrogen-bond acceptors (Lipinski definition) is 1. The monoisotopic (exact) mass is 148 g/mol. The fraction of sp³-hybridized carbons (Fsp3) is 0.222. The van der Waals surface area contributed by atoms with E-state index in [0.717, 1.165) is 18.4 Å². The van der Waals surface area contributed by atoms with Crippen molar-refractivity contribution < 1.29 is 9.90 Å². The Bertz CT molecular complexity index is 274. The van der Waals surface area contributed by atoms with Crippen LogP contribution in [0.25, 0.3) is 0 Å². The minimum Gasteiger partial charge on any atom is -0.472 e. The van der Waals surface area contributed by atoms with Gasteiger partial charge in [0.1, 0.15) is 0 Å². The van der Waals surface area contributed by atoms with Crippen molar-refractivity contribution in [3.63, 3.8) is 0 Å². The molecular formula is C9H8O2. The normalized spacial score (nSPS) is 14.7. The van der Waals surface area contributed by atoms with E-state index < -0.39 is 5.97 Å². The summed E-state index contributed by atoms with van der Waals surface area (Å²) in [6.45, 7) is 0. The highest BCUT2D eigenvalue weighted by atomic mass is 16.4. The van der Waals surface area contributed by atoms with Gasteiger partial charge in [0.05, 0.1) is 0 Å². The van der Waals surface area contributed by atoms with E-state index in [2.05, 4.69) is 11.8 Å². The molecule has 0 spiro atoms. The van der Waals surface area contributed by atoms with Gasteiger partial charge in [-0.3, -0.25) is 0 Å². The molecular weight excluding hydrogens is 140 g/mol. The first-order valence-corrected chi connectivity index (χ1v) is 3.39. The molecule has 0 amide bonds. The lowest BCUT2D eigenvalue weighted by Gasteiger charge is -1.98. The van der Waals surface area contributed by atoms with Crippen molar-refractivity contribution in [3.05, 3.63) is 23.8 Å². The first-order valence-electron chi connectivity index (χ1n) is 3.39. The molecule has 0 radical (unpaired) electrons. The first kappa shape index (κ1) is 7.62. The molecule has 1 N–H and O–H groups in total. The van der Waals surface area contributed by atoms with E-state index in [-0.39, 0.29) is 0 Å². The summed E-state index contributed by atoms with van der Waals surface area (Å²) < 4.78 is 0. The quantitative estimate of drug-likeness (QED) is 0.526. The minimum atomic E-state index is -1.07. The van der Waals surface area contributed by atoms with Crippen LogP contribution in [-0.4, -0.2) is 11.1 Å². The molecule has 0 heterocycles. The van der Waals surface area contributed by atoms with Crippen LogP contribution in [0.2, 0.25) is 0 Å². The highest BCUT2D eigenvalue weighted by Crippen LogP contribution is 2.09. The van der Waals surface area contributed by atoms with E-state index in [1.807, 2.05) is 18.2 Å². The Morgan fingerprint density at radius 3 is 3.00 bits per heavy atom. The maximum absolute atomic E-state index is 10.0. The summed E-state index contributed by atoms with van der Waals surface area (Å²) in [5.41, 5.74) is 0.898. The topological polar surface area (TPSA) is 37.3 Å². The van der Waals surface area contributed by atoms with Gasteiger partial charge in [0.15, 0.2) is 0 Å². The predicted octanol–water partition coefficient (Wildman–Crippen LogP) is 1.35. The molecule has 0 saturated carbocycles.